The molecular weight excluding hydrogens is 214 g/mol. The molecule has 0 fully saturated rings. The molecule has 0 saturated carbocycles. The van der Waals surface area contributed by atoms with Crippen molar-refractivity contribution in [1.82, 2.24) is 5.32 Å². The third-order valence-electron chi connectivity index (χ3n) is 2.78. The summed E-state index contributed by atoms with van der Waals surface area (Å²) in [6.07, 6.45) is 0.809. The van der Waals surface area contributed by atoms with Gasteiger partial charge in [-0.3, -0.25) is 4.79 Å². The van der Waals surface area contributed by atoms with Crippen LogP contribution in [0, 0.1) is 0 Å². The average molecular weight is 235 g/mol. The number of hydrogen-bond donors (Lipinski definition) is 1. The quantitative estimate of drug-likeness (QED) is 0.770. The Kier molecular flexibility index (Phi) is 5.70. The van der Waals surface area contributed by atoms with Gasteiger partial charge in [-0.1, -0.05) is 37.3 Å². The summed E-state index contributed by atoms with van der Waals surface area (Å²) < 4.78 is 5.33. The zero-order valence-electron chi connectivity index (χ0n) is 10.8. The Morgan fingerprint density at radius 1 is 1.29 bits per heavy atom. The van der Waals surface area contributed by atoms with Crippen LogP contribution in [0.25, 0.3) is 0 Å². The van der Waals surface area contributed by atoms with E-state index in [1.54, 1.807) is 0 Å². The lowest BCUT2D eigenvalue weighted by Gasteiger charge is -2.15. The van der Waals surface area contributed by atoms with Crippen molar-refractivity contribution in [2.75, 3.05) is 6.54 Å². The highest BCUT2D eigenvalue weighted by Crippen LogP contribution is 2.15. The molecule has 0 aromatic heterocycles. The van der Waals surface area contributed by atoms with Crippen LogP contribution in [0.2, 0.25) is 0 Å². The lowest BCUT2D eigenvalue weighted by molar-refractivity contribution is -0.147. The maximum absolute atomic E-state index is 11.6. The molecule has 1 N–H and O–H groups in total. The summed E-state index contributed by atoms with van der Waals surface area (Å²) in [5.41, 5.74) is 1.02. The standard InChI is InChI=1S/C14H21NO2/c1-4-11(2)15-10-14(16)17-12(3)13-8-6-5-7-9-13/h5-9,11-12,15H,4,10H2,1-3H3. The van der Waals surface area contributed by atoms with E-state index < -0.39 is 0 Å². The van der Waals surface area contributed by atoms with Crippen molar-refractivity contribution < 1.29 is 9.53 Å². The summed E-state index contributed by atoms with van der Waals surface area (Å²) in [6.45, 7) is 6.28. The van der Waals surface area contributed by atoms with E-state index in [4.69, 9.17) is 4.74 Å². The molecule has 0 bridgehead atoms. The molecule has 0 radical (unpaired) electrons. The molecule has 0 heterocycles. The van der Waals surface area contributed by atoms with E-state index in [0.717, 1.165) is 12.0 Å². The molecule has 2 unspecified atom stereocenters. The van der Waals surface area contributed by atoms with Crippen LogP contribution in [0.15, 0.2) is 30.3 Å². The Labute approximate surface area is 103 Å². The molecule has 2 atom stereocenters. The van der Waals surface area contributed by atoms with Gasteiger partial charge in [-0.2, -0.15) is 0 Å². The van der Waals surface area contributed by atoms with Gasteiger partial charge in [-0.15, -0.1) is 0 Å². The van der Waals surface area contributed by atoms with Crippen molar-refractivity contribution in [1.29, 1.82) is 0 Å². The molecule has 1 rings (SSSR count). The minimum absolute atomic E-state index is 0.192. The van der Waals surface area contributed by atoms with Gasteiger partial charge in [0.1, 0.15) is 6.10 Å². The fourth-order valence-corrected chi connectivity index (χ4v) is 1.43. The third-order valence-corrected chi connectivity index (χ3v) is 2.78. The van der Waals surface area contributed by atoms with Crippen LogP contribution in [-0.2, 0) is 9.53 Å². The molecule has 0 spiro atoms. The normalized spacial score (nSPS) is 14.1. The first-order chi connectivity index (χ1) is 8.13. The number of rotatable bonds is 6. The first-order valence-corrected chi connectivity index (χ1v) is 6.11. The van der Waals surface area contributed by atoms with E-state index in [9.17, 15) is 4.79 Å². The Bertz CT molecular complexity index is 337. The smallest absolute Gasteiger partial charge is 0.320 e. The van der Waals surface area contributed by atoms with Gasteiger partial charge >= 0.3 is 5.97 Å². The largest absolute Gasteiger partial charge is 0.457 e. The van der Waals surface area contributed by atoms with Gasteiger partial charge in [0.05, 0.1) is 6.54 Å². The Morgan fingerprint density at radius 3 is 2.53 bits per heavy atom. The molecule has 17 heavy (non-hydrogen) atoms. The summed E-state index contributed by atoms with van der Waals surface area (Å²) in [6, 6.07) is 10.1. The van der Waals surface area contributed by atoms with Gasteiger partial charge in [0.2, 0.25) is 0 Å². The molecule has 0 aliphatic rings. The van der Waals surface area contributed by atoms with Crippen LogP contribution in [0.5, 0.6) is 0 Å². The predicted octanol–water partition coefficient (Wildman–Crippen LogP) is 2.68. The number of nitrogens with one attached hydrogen (secondary N) is 1. The van der Waals surface area contributed by atoms with Crippen molar-refractivity contribution in [2.24, 2.45) is 0 Å². The molecule has 0 aliphatic heterocycles. The van der Waals surface area contributed by atoms with Crippen LogP contribution in [-0.4, -0.2) is 18.6 Å². The van der Waals surface area contributed by atoms with Crippen LogP contribution in [0.3, 0.4) is 0 Å². The van der Waals surface area contributed by atoms with Crippen LogP contribution >= 0.6 is 0 Å². The third kappa shape index (κ3) is 5.00. The van der Waals surface area contributed by atoms with Crippen LogP contribution < -0.4 is 5.32 Å². The van der Waals surface area contributed by atoms with Gasteiger partial charge in [0.25, 0.3) is 0 Å². The second-order valence-electron chi connectivity index (χ2n) is 4.23. The number of esters is 1. The highest BCUT2D eigenvalue weighted by molar-refractivity contribution is 5.72. The van der Waals surface area contributed by atoms with Crippen molar-refractivity contribution in [3.8, 4) is 0 Å². The molecule has 1 aromatic carbocycles. The van der Waals surface area contributed by atoms with Gasteiger partial charge in [-0.05, 0) is 25.8 Å². The Morgan fingerprint density at radius 2 is 1.94 bits per heavy atom. The lowest BCUT2D eigenvalue weighted by atomic mass is 10.1. The zero-order chi connectivity index (χ0) is 12.7. The van der Waals surface area contributed by atoms with Crippen molar-refractivity contribution in [2.45, 2.75) is 39.3 Å². The fourth-order valence-electron chi connectivity index (χ4n) is 1.43. The summed E-state index contributed by atoms with van der Waals surface area (Å²) in [4.78, 5) is 11.6. The number of hydrogen-bond acceptors (Lipinski definition) is 3. The molecule has 3 nitrogen and oxygen atoms in total. The van der Waals surface area contributed by atoms with Crippen LogP contribution in [0.4, 0.5) is 0 Å². The molecule has 0 aliphatic carbocycles. The van der Waals surface area contributed by atoms with Crippen molar-refractivity contribution in [3.63, 3.8) is 0 Å². The van der Waals surface area contributed by atoms with Crippen LogP contribution in [0.1, 0.15) is 38.9 Å². The van der Waals surface area contributed by atoms with E-state index in [0.29, 0.717) is 6.04 Å². The van der Waals surface area contributed by atoms with E-state index in [1.165, 1.54) is 0 Å². The van der Waals surface area contributed by atoms with E-state index >= 15 is 0 Å². The summed E-state index contributed by atoms with van der Waals surface area (Å²) in [5.74, 6) is -0.207. The molecule has 0 amide bonds. The minimum atomic E-state index is -0.207. The number of carbonyl (C=O) groups excluding carboxylic acids is 1. The monoisotopic (exact) mass is 235 g/mol. The van der Waals surface area contributed by atoms with E-state index in [2.05, 4.69) is 12.2 Å². The number of carbonyl (C=O) groups is 1. The van der Waals surface area contributed by atoms with Gasteiger partial charge in [0, 0.05) is 6.04 Å². The summed E-state index contributed by atoms with van der Waals surface area (Å²) in [7, 11) is 0. The number of ether oxygens (including phenoxy) is 1. The number of benzene rings is 1. The maximum Gasteiger partial charge on any atom is 0.320 e. The topological polar surface area (TPSA) is 38.3 Å². The van der Waals surface area contributed by atoms with Gasteiger partial charge < -0.3 is 10.1 Å². The minimum Gasteiger partial charge on any atom is -0.457 e. The SMILES string of the molecule is CCC(C)NCC(=O)OC(C)c1ccccc1. The second-order valence-corrected chi connectivity index (χ2v) is 4.23. The van der Waals surface area contributed by atoms with Gasteiger partial charge in [-0.25, -0.2) is 0 Å². The summed E-state index contributed by atoms with van der Waals surface area (Å²) in [5, 5.41) is 3.11. The van der Waals surface area contributed by atoms with E-state index in [1.807, 2.05) is 44.2 Å². The Balaban J connectivity index is 2.36. The van der Waals surface area contributed by atoms with Crippen molar-refractivity contribution in [3.05, 3.63) is 35.9 Å². The van der Waals surface area contributed by atoms with Crippen molar-refractivity contribution >= 4 is 5.97 Å². The fraction of sp³-hybridized carbons (Fsp3) is 0.500. The molecule has 1 aromatic rings. The summed E-state index contributed by atoms with van der Waals surface area (Å²) >= 11 is 0. The first-order valence-electron chi connectivity index (χ1n) is 6.11. The lowest BCUT2D eigenvalue weighted by Crippen LogP contribution is -2.32. The first kappa shape index (κ1) is 13.7. The Hall–Kier alpha value is -1.35. The molecule has 3 heteroatoms. The van der Waals surface area contributed by atoms with E-state index in [-0.39, 0.29) is 18.6 Å². The average Bonchev–Trinajstić information content (AvgIpc) is 2.36. The second kappa shape index (κ2) is 7.07. The molecular formula is C14H21NO2. The zero-order valence-corrected chi connectivity index (χ0v) is 10.8. The maximum atomic E-state index is 11.6. The predicted molar refractivity (Wildman–Crippen MR) is 68.7 cm³/mol. The highest BCUT2D eigenvalue weighted by atomic mass is 16.5. The molecule has 0 saturated heterocycles. The molecule has 94 valence electrons. The highest BCUT2D eigenvalue weighted by Gasteiger charge is 2.11. The van der Waals surface area contributed by atoms with Gasteiger partial charge in [0.15, 0.2) is 0 Å².